The maximum atomic E-state index is 10.1. The molecule has 0 amide bonds. The Labute approximate surface area is 96.8 Å². The maximum absolute atomic E-state index is 10.1. The molecule has 2 atom stereocenters. The summed E-state index contributed by atoms with van der Waals surface area (Å²) in [6.07, 6.45) is 12.9. The second-order valence-corrected chi connectivity index (χ2v) is 4.60. The molecule has 0 saturated carbocycles. The van der Waals surface area contributed by atoms with Gasteiger partial charge in [0.05, 0.1) is 6.10 Å². The molecule has 0 aliphatic heterocycles. The van der Waals surface area contributed by atoms with Crippen LogP contribution >= 0.6 is 0 Å². The summed E-state index contributed by atoms with van der Waals surface area (Å²) < 4.78 is 2.02. The van der Waals surface area contributed by atoms with Crippen molar-refractivity contribution in [2.75, 3.05) is 0 Å². The molecule has 0 spiro atoms. The average Bonchev–Trinajstić information content (AvgIpc) is 2.73. The number of hydrogen-bond acceptors (Lipinski definition) is 2. The first-order valence-electron chi connectivity index (χ1n) is 6.06. The Morgan fingerprint density at radius 1 is 1.56 bits per heavy atom. The Hall–Kier alpha value is -1.09. The van der Waals surface area contributed by atoms with Gasteiger partial charge in [0, 0.05) is 25.9 Å². The summed E-state index contributed by atoms with van der Waals surface area (Å²) in [7, 11) is 2.00. The summed E-state index contributed by atoms with van der Waals surface area (Å²) >= 11 is 0. The molecule has 0 fully saturated rings. The predicted octanol–water partition coefficient (Wildman–Crippen LogP) is 2.07. The van der Waals surface area contributed by atoms with Crippen LogP contribution in [0.25, 0.3) is 0 Å². The lowest BCUT2D eigenvalue weighted by atomic mass is 9.87. The molecule has 1 aliphatic carbocycles. The zero-order valence-corrected chi connectivity index (χ0v) is 9.84. The summed E-state index contributed by atoms with van der Waals surface area (Å²) in [5.41, 5.74) is 0. The lowest BCUT2D eigenvalue weighted by Crippen LogP contribution is -2.22. The van der Waals surface area contributed by atoms with Crippen LogP contribution in [0.15, 0.2) is 24.5 Å². The molecule has 1 aliphatic rings. The van der Waals surface area contributed by atoms with Crippen LogP contribution in [-0.4, -0.2) is 20.8 Å². The minimum Gasteiger partial charge on any atom is -0.393 e. The Morgan fingerprint density at radius 2 is 2.44 bits per heavy atom. The molecule has 0 saturated heterocycles. The summed E-state index contributed by atoms with van der Waals surface area (Å²) in [5.74, 6) is 1.51. The van der Waals surface area contributed by atoms with Crippen LogP contribution in [0.4, 0.5) is 0 Å². The van der Waals surface area contributed by atoms with E-state index in [9.17, 15) is 5.11 Å². The third kappa shape index (κ3) is 2.73. The Morgan fingerprint density at radius 3 is 3.06 bits per heavy atom. The zero-order valence-electron chi connectivity index (χ0n) is 9.84. The molecule has 2 rings (SSSR count). The van der Waals surface area contributed by atoms with E-state index in [1.165, 1.54) is 0 Å². The number of aliphatic hydroxyl groups excluding tert-OH is 1. The lowest BCUT2D eigenvalue weighted by Gasteiger charge is -2.23. The van der Waals surface area contributed by atoms with Gasteiger partial charge in [0.2, 0.25) is 0 Å². The van der Waals surface area contributed by atoms with Gasteiger partial charge in [-0.25, -0.2) is 4.98 Å². The van der Waals surface area contributed by atoms with Gasteiger partial charge in [0.15, 0.2) is 0 Å². The minimum atomic E-state index is -0.179. The number of aromatic nitrogens is 2. The van der Waals surface area contributed by atoms with Crippen molar-refractivity contribution >= 4 is 0 Å². The van der Waals surface area contributed by atoms with E-state index in [2.05, 4.69) is 17.1 Å². The van der Waals surface area contributed by atoms with Gasteiger partial charge >= 0.3 is 0 Å². The topological polar surface area (TPSA) is 38.0 Å². The van der Waals surface area contributed by atoms with Crippen molar-refractivity contribution in [3.8, 4) is 0 Å². The van der Waals surface area contributed by atoms with Gasteiger partial charge in [-0.05, 0) is 31.6 Å². The highest BCUT2D eigenvalue weighted by Gasteiger charge is 2.19. The molecular formula is C13H20N2O. The summed E-state index contributed by atoms with van der Waals surface area (Å²) in [6.45, 7) is 0. The van der Waals surface area contributed by atoms with Gasteiger partial charge < -0.3 is 9.67 Å². The van der Waals surface area contributed by atoms with Crippen molar-refractivity contribution in [2.24, 2.45) is 13.0 Å². The largest absolute Gasteiger partial charge is 0.393 e. The highest BCUT2D eigenvalue weighted by atomic mass is 16.3. The number of imidazole rings is 1. The van der Waals surface area contributed by atoms with Crippen molar-refractivity contribution < 1.29 is 5.11 Å². The average molecular weight is 220 g/mol. The monoisotopic (exact) mass is 220 g/mol. The second-order valence-electron chi connectivity index (χ2n) is 4.60. The Balaban J connectivity index is 1.81. The summed E-state index contributed by atoms with van der Waals surface area (Å²) in [5, 5.41) is 10.1. The minimum absolute atomic E-state index is 0.179. The SMILES string of the molecule is Cn1ccnc1CCC(O)C1CC=CCC1. The predicted molar refractivity (Wildman–Crippen MR) is 64.0 cm³/mol. The first-order valence-corrected chi connectivity index (χ1v) is 6.06. The van der Waals surface area contributed by atoms with Crippen LogP contribution in [0.1, 0.15) is 31.5 Å². The number of aliphatic hydroxyl groups is 1. The molecule has 88 valence electrons. The smallest absolute Gasteiger partial charge is 0.108 e. The van der Waals surface area contributed by atoms with Crippen LogP contribution in [0.3, 0.4) is 0 Å². The Bertz CT molecular complexity index is 357. The maximum Gasteiger partial charge on any atom is 0.108 e. The van der Waals surface area contributed by atoms with Crippen LogP contribution in [-0.2, 0) is 13.5 Å². The molecule has 3 nitrogen and oxygen atoms in total. The summed E-state index contributed by atoms with van der Waals surface area (Å²) in [6, 6.07) is 0. The van der Waals surface area contributed by atoms with Crippen LogP contribution in [0.5, 0.6) is 0 Å². The standard InChI is InChI=1S/C13H20N2O/c1-15-10-9-14-13(15)8-7-12(16)11-5-3-2-4-6-11/h2-3,9-12,16H,4-8H2,1H3. The second kappa shape index (κ2) is 5.30. The van der Waals surface area contributed by atoms with Crippen LogP contribution in [0.2, 0.25) is 0 Å². The number of hydrogen-bond donors (Lipinski definition) is 1. The fourth-order valence-electron chi connectivity index (χ4n) is 2.32. The summed E-state index contributed by atoms with van der Waals surface area (Å²) in [4.78, 5) is 4.27. The molecule has 1 heterocycles. The molecule has 16 heavy (non-hydrogen) atoms. The highest BCUT2D eigenvalue weighted by molar-refractivity contribution is 4.95. The molecule has 1 N–H and O–H groups in total. The Kier molecular flexibility index (Phi) is 3.78. The van der Waals surface area contributed by atoms with Gasteiger partial charge in [0.25, 0.3) is 0 Å². The van der Waals surface area contributed by atoms with Gasteiger partial charge in [-0.15, -0.1) is 0 Å². The van der Waals surface area contributed by atoms with E-state index < -0.39 is 0 Å². The number of allylic oxidation sites excluding steroid dienone is 2. The highest BCUT2D eigenvalue weighted by Crippen LogP contribution is 2.24. The number of rotatable bonds is 4. The fourth-order valence-corrected chi connectivity index (χ4v) is 2.32. The van der Waals surface area contributed by atoms with E-state index in [1.54, 1.807) is 0 Å². The molecule has 0 radical (unpaired) electrons. The van der Waals surface area contributed by atoms with Crippen molar-refractivity contribution in [3.05, 3.63) is 30.4 Å². The van der Waals surface area contributed by atoms with Gasteiger partial charge in [0.1, 0.15) is 5.82 Å². The van der Waals surface area contributed by atoms with E-state index in [0.717, 1.165) is 37.9 Å². The number of nitrogens with zero attached hydrogens (tertiary/aromatic N) is 2. The van der Waals surface area contributed by atoms with Crippen molar-refractivity contribution in [2.45, 2.75) is 38.2 Å². The lowest BCUT2D eigenvalue weighted by molar-refractivity contribution is 0.0931. The van der Waals surface area contributed by atoms with E-state index >= 15 is 0 Å². The quantitative estimate of drug-likeness (QED) is 0.789. The van der Waals surface area contributed by atoms with Crippen molar-refractivity contribution in [3.63, 3.8) is 0 Å². The molecular weight excluding hydrogens is 200 g/mol. The van der Waals surface area contributed by atoms with Crippen LogP contribution in [0, 0.1) is 5.92 Å². The molecule has 1 aromatic heterocycles. The fraction of sp³-hybridized carbons (Fsp3) is 0.615. The van der Waals surface area contributed by atoms with E-state index in [1.807, 2.05) is 24.0 Å². The third-order valence-corrected chi connectivity index (χ3v) is 3.44. The molecule has 1 aromatic rings. The van der Waals surface area contributed by atoms with Gasteiger partial charge in [-0.3, -0.25) is 0 Å². The van der Waals surface area contributed by atoms with Gasteiger partial charge in [-0.2, -0.15) is 0 Å². The van der Waals surface area contributed by atoms with E-state index in [0.29, 0.717) is 5.92 Å². The van der Waals surface area contributed by atoms with Crippen molar-refractivity contribution in [1.29, 1.82) is 0 Å². The normalized spacial score (nSPS) is 22.2. The molecule has 3 heteroatoms. The molecule has 0 aromatic carbocycles. The third-order valence-electron chi connectivity index (χ3n) is 3.44. The molecule has 2 unspecified atom stereocenters. The number of aryl methyl sites for hydroxylation is 2. The zero-order chi connectivity index (χ0) is 11.4. The van der Waals surface area contributed by atoms with E-state index in [4.69, 9.17) is 0 Å². The van der Waals surface area contributed by atoms with Gasteiger partial charge in [-0.1, -0.05) is 12.2 Å². The molecule has 0 bridgehead atoms. The first-order chi connectivity index (χ1) is 7.77. The first kappa shape index (κ1) is 11.4. The van der Waals surface area contributed by atoms with Crippen LogP contribution < -0.4 is 0 Å². The van der Waals surface area contributed by atoms with E-state index in [-0.39, 0.29) is 6.10 Å². The van der Waals surface area contributed by atoms with Crippen molar-refractivity contribution in [1.82, 2.24) is 9.55 Å².